The first kappa shape index (κ1) is 9.48. The Kier molecular flexibility index (Phi) is 1.97. The van der Waals surface area contributed by atoms with Crippen molar-refractivity contribution in [1.29, 1.82) is 0 Å². The van der Waals surface area contributed by atoms with Crippen LogP contribution in [0.4, 0.5) is 0 Å². The molecule has 1 aliphatic carbocycles. The largest absolute Gasteiger partial charge is 0.454 e. The van der Waals surface area contributed by atoms with E-state index in [0.717, 1.165) is 34.4 Å². The molecule has 1 aromatic rings. The smallest absolute Gasteiger partial charge is 0.231 e. The van der Waals surface area contributed by atoms with E-state index in [1.54, 1.807) is 0 Å². The second-order valence-corrected chi connectivity index (χ2v) is 5.02. The second kappa shape index (κ2) is 3.12. The summed E-state index contributed by atoms with van der Waals surface area (Å²) < 4.78 is 11.9. The molecule has 0 saturated heterocycles. The van der Waals surface area contributed by atoms with E-state index in [1.807, 2.05) is 12.1 Å². The van der Waals surface area contributed by atoms with Gasteiger partial charge in [0.25, 0.3) is 0 Å². The Hall–Kier alpha value is -0.740. The quantitative estimate of drug-likeness (QED) is 0.852. The van der Waals surface area contributed by atoms with Gasteiger partial charge in [-0.3, -0.25) is 0 Å². The molecule has 0 radical (unpaired) electrons. The number of rotatable bonds is 1. The Labute approximate surface area is 96.7 Å². The van der Waals surface area contributed by atoms with E-state index in [0.29, 0.717) is 6.79 Å². The highest BCUT2D eigenvalue weighted by Gasteiger charge is 2.40. The lowest BCUT2D eigenvalue weighted by molar-refractivity contribution is 0.168. The van der Waals surface area contributed by atoms with E-state index < -0.39 is 0 Å². The molecule has 3 rings (SSSR count). The fraction of sp³-hybridized carbons (Fsp3) is 0.455. The van der Waals surface area contributed by atoms with Gasteiger partial charge in [0.2, 0.25) is 6.79 Å². The first-order chi connectivity index (χ1) is 7.21. The molecule has 3 nitrogen and oxygen atoms in total. The minimum absolute atomic E-state index is 0.224. The molecular formula is C11H12BrNO2. The van der Waals surface area contributed by atoms with Crippen LogP contribution in [0.5, 0.6) is 11.5 Å². The molecule has 1 aromatic carbocycles. The van der Waals surface area contributed by atoms with Crippen LogP contribution in [-0.4, -0.2) is 6.79 Å². The van der Waals surface area contributed by atoms with Crippen molar-refractivity contribution in [2.75, 3.05) is 6.79 Å². The van der Waals surface area contributed by atoms with Crippen molar-refractivity contribution in [2.45, 2.75) is 24.8 Å². The summed E-state index contributed by atoms with van der Waals surface area (Å²) in [6.45, 7) is 0.300. The van der Waals surface area contributed by atoms with E-state index in [-0.39, 0.29) is 5.54 Å². The van der Waals surface area contributed by atoms with Crippen LogP contribution >= 0.6 is 15.9 Å². The molecule has 0 bridgehead atoms. The number of hydrogen-bond donors (Lipinski definition) is 1. The predicted molar refractivity (Wildman–Crippen MR) is 60.0 cm³/mol. The van der Waals surface area contributed by atoms with Crippen LogP contribution in [0.25, 0.3) is 0 Å². The van der Waals surface area contributed by atoms with Crippen LogP contribution in [0.2, 0.25) is 0 Å². The molecule has 0 atom stereocenters. The fourth-order valence-corrected chi connectivity index (χ4v) is 2.93. The van der Waals surface area contributed by atoms with E-state index in [4.69, 9.17) is 15.2 Å². The van der Waals surface area contributed by atoms with Crippen LogP contribution in [0.1, 0.15) is 24.8 Å². The molecule has 1 saturated carbocycles. The summed E-state index contributed by atoms with van der Waals surface area (Å²) >= 11 is 3.54. The summed E-state index contributed by atoms with van der Waals surface area (Å²) in [5.41, 5.74) is 7.18. The SMILES string of the molecule is NC1(c2c(Br)ccc3c2OCO3)CCC1. The lowest BCUT2D eigenvalue weighted by Crippen LogP contribution is -2.43. The van der Waals surface area contributed by atoms with E-state index >= 15 is 0 Å². The maximum atomic E-state index is 6.33. The maximum absolute atomic E-state index is 6.33. The van der Waals surface area contributed by atoms with Crippen molar-refractivity contribution in [3.05, 3.63) is 22.2 Å². The number of benzene rings is 1. The Morgan fingerprint density at radius 2 is 2.07 bits per heavy atom. The molecule has 15 heavy (non-hydrogen) atoms. The number of ether oxygens (including phenoxy) is 2. The van der Waals surface area contributed by atoms with Crippen molar-refractivity contribution in [3.8, 4) is 11.5 Å². The summed E-state index contributed by atoms with van der Waals surface area (Å²) in [5.74, 6) is 1.64. The highest BCUT2D eigenvalue weighted by molar-refractivity contribution is 9.10. The Balaban J connectivity index is 2.17. The molecular weight excluding hydrogens is 258 g/mol. The van der Waals surface area contributed by atoms with Gasteiger partial charge in [0.15, 0.2) is 11.5 Å². The number of fused-ring (bicyclic) bond motifs is 1. The fourth-order valence-electron chi connectivity index (χ4n) is 2.22. The van der Waals surface area contributed by atoms with Gasteiger partial charge in [0.1, 0.15) is 0 Å². The second-order valence-electron chi connectivity index (χ2n) is 4.17. The van der Waals surface area contributed by atoms with Gasteiger partial charge in [-0.05, 0) is 31.4 Å². The van der Waals surface area contributed by atoms with Gasteiger partial charge < -0.3 is 15.2 Å². The first-order valence-corrected chi connectivity index (χ1v) is 5.87. The Morgan fingerprint density at radius 3 is 2.73 bits per heavy atom. The van der Waals surface area contributed by atoms with Crippen LogP contribution < -0.4 is 15.2 Å². The van der Waals surface area contributed by atoms with Crippen molar-refractivity contribution < 1.29 is 9.47 Å². The highest BCUT2D eigenvalue weighted by Crippen LogP contribution is 2.50. The monoisotopic (exact) mass is 269 g/mol. The van der Waals surface area contributed by atoms with Crippen LogP contribution in [0, 0.1) is 0 Å². The zero-order chi connectivity index (χ0) is 10.5. The van der Waals surface area contributed by atoms with Gasteiger partial charge in [0, 0.05) is 15.6 Å². The Bertz CT molecular complexity index is 415. The molecule has 0 amide bonds. The molecule has 0 unspecified atom stereocenters. The number of nitrogens with two attached hydrogens (primary N) is 1. The van der Waals surface area contributed by atoms with Crippen molar-refractivity contribution >= 4 is 15.9 Å². The summed E-state index contributed by atoms with van der Waals surface area (Å²) in [6.07, 6.45) is 3.23. The Morgan fingerprint density at radius 1 is 1.27 bits per heavy atom. The molecule has 4 heteroatoms. The van der Waals surface area contributed by atoms with Crippen molar-refractivity contribution in [3.63, 3.8) is 0 Å². The molecule has 1 heterocycles. The summed E-state index contributed by atoms with van der Waals surface area (Å²) in [5, 5.41) is 0. The first-order valence-electron chi connectivity index (χ1n) is 5.08. The third-order valence-corrected chi connectivity index (χ3v) is 3.89. The molecule has 1 aliphatic heterocycles. The zero-order valence-electron chi connectivity index (χ0n) is 8.25. The van der Waals surface area contributed by atoms with Gasteiger partial charge >= 0.3 is 0 Å². The van der Waals surface area contributed by atoms with Crippen molar-refractivity contribution in [2.24, 2.45) is 5.73 Å². The number of hydrogen-bond acceptors (Lipinski definition) is 3. The maximum Gasteiger partial charge on any atom is 0.231 e. The lowest BCUT2D eigenvalue weighted by atomic mass is 9.72. The minimum Gasteiger partial charge on any atom is -0.454 e. The standard InChI is InChI=1S/C11H12BrNO2/c12-7-2-3-8-10(15-6-14-8)9(7)11(13)4-1-5-11/h2-3H,1,4-6,13H2. The van der Waals surface area contributed by atoms with Gasteiger partial charge in [-0.2, -0.15) is 0 Å². The topological polar surface area (TPSA) is 44.5 Å². The minimum atomic E-state index is -0.224. The molecule has 80 valence electrons. The van der Waals surface area contributed by atoms with E-state index in [2.05, 4.69) is 15.9 Å². The summed E-state index contributed by atoms with van der Waals surface area (Å²) in [7, 11) is 0. The summed E-state index contributed by atoms with van der Waals surface area (Å²) in [6, 6.07) is 3.90. The van der Waals surface area contributed by atoms with Gasteiger partial charge in [-0.1, -0.05) is 15.9 Å². The molecule has 0 aromatic heterocycles. The molecule has 1 fully saturated rings. The van der Waals surface area contributed by atoms with Gasteiger partial charge in [-0.15, -0.1) is 0 Å². The van der Waals surface area contributed by atoms with E-state index in [9.17, 15) is 0 Å². The zero-order valence-corrected chi connectivity index (χ0v) is 9.84. The number of halogens is 1. The van der Waals surface area contributed by atoms with Crippen LogP contribution in [-0.2, 0) is 5.54 Å². The lowest BCUT2D eigenvalue weighted by Gasteiger charge is -2.39. The van der Waals surface area contributed by atoms with Crippen LogP contribution in [0.15, 0.2) is 16.6 Å². The molecule has 0 spiro atoms. The van der Waals surface area contributed by atoms with Gasteiger partial charge in [-0.25, -0.2) is 0 Å². The third kappa shape index (κ3) is 1.28. The van der Waals surface area contributed by atoms with Crippen molar-refractivity contribution in [1.82, 2.24) is 0 Å². The molecule has 2 aliphatic rings. The van der Waals surface area contributed by atoms with E-state index in [1.165, 1.54) is 6.42 Å². The highest BCUT2D eigenvalue weighted by atomic mass is 79.9. The normalized spacial score (nSPS) is 21.2. The third-order valence-electron chi connectivity index (χ3n) is 3.23. The molecule has 2 N–H and O–H groups in total. The van der Waals surface area contributed by atoms with Crippen LogP contribution in [0.3, 0.4) is 0 Å². The average Bonchev–Trinajstić information content (AvgIpc) is 2.62. The summed E-state index contributed by atoms with van der Waals surface area (Å²) in [4.78, 5) is 0. The average molecular weight is 270 g/mol. The van der Waals surface area contributed by atoms with Gasteiger partial charge in [0.05, 0.1) is 0 Å². The predicted octanol–water partition coefficient (Wildman–Crippen LogP) is 2.52.